The van der Waals surface area contributed by atoms with Crippen LogP contribution in [0.2, 0.25) is 0 Å². The molecule has 0 atom stereocenters. The number of hydrogen-bond donors (Lipinski definition) is 3. The maximum atomic E-state index is 13.5. The standard InChI is InChI=1S/C21H20FN7O3/c1-21(19(24)30)10-31-18(32-11-21)17-28-15(12-2-4-13(22)5-3-12)16(29-17)14-6-8-25-20(27-14)26-9-7-23/h2-6,8,18H,9-11H2,1H3,(H2,24,30)(H,28,29)(H,25,26,27). The number of halogens is 1. The van der Waals surface area contributed by atoms with Crippen molar-refractivity contribution in [3.8, 4) is 28.7 Å². The average molecular weight is 437 g/mol. The van der Waals surface area contributed by atoms with E-state index in [4.69, 9.17) is 20.5 Å². The molecule has 11 heteroatoms. The second-order valence-electron chi connectivity index (χ2n) is 7.51. The molecule has 1 saturated heterocycles. The van der Waals surface area contributed by atoms with E-state index in [9.17, 15) is 9.18 Å². The van der Waals surface area contributed by atoms with Crippen LogP contribution in [0, 0.1) is 22.6 Å². The number of benzene rings is 1. The van der Waals surface area contributed by atoms with E-state index in [2.05, 4.69) is 25.3 Å². The fourth-order valence-electron chi connectivity index (χ4n) is 3.12. The zero-order chi connectivity index (χ0) is 22.7. The van der Waals surface area contributed by atoms with Crippen LogP contribution in [-0.4, -0.2) is 45.6 Å². The minimum absolute atomic E-state index is 0.0465. The summed E-state index contributed by atoms with van der Waals surface area (Å²) in [6, 6.07) is 9.50. The van der Waals surface area contributed by atoms with E-state index >= 15 is 0 Å². The van der Waals surface area contributed by atoms with Crippen LogP contribution in [0.15, 0.2) is 36.5 Å². The minimum atomic E-state index is -0.931. The lowest BCUT2D eigenvalue weighted by molar-refractivity contribution is -0.230. The smallest absolute Gasteiger partial charge is 0.228 e. The molecule has 164 valence electrons. The molecule has 3 aromatic rings. The van der Waals surface area contributed by atoms with Crippen molar-refractivity contribution in [3.05, 3.63) is 48.2 Å². The molecule has 10 nitrogen and oxygen atoms in total. The Morgan fingerprint density at radius 1 is 1.31 bits per heavy atom. The van der Waals surface area contributed by atoms with Crippen molar-refractivity contribution < 1.29 is 18.7 Å². The summed E-state index contributed by atoms with van der Waals surface area (Å²) in [5, 5.41) is 11.6. The number of carbonyl (C=O) groups excluding carboxylic acids is 1. The number of hydrogen-bond acceptors (Lipinski definition) is 8. The summed E-state index contributed by atoms with van der Waals surface area (Å²) in [4.78, 5) is 28.0. The highest BCUT2D eigenvalue weighted by Gasteiger charge is 2.39. The molecule has 1 amide bonds. The number of aromatic amines is 1. The van der Waals surface area contributed by atoms with E-state index in [0.29, 0.717) is 28.5 Å². The van der Waals surface area contributed by atoms with E-state index in [1.54, 1.807) is 31.3 Å². The van der Waals surface area contributed by atoms with Gasteiger partial charge < -0.3 is 25.5 Å². The SMILES string of the molecule is CC1(C(N)=O)COC(c2nc(-c3ccc(F)cc3)c(-c3ccnc(NCC#N)n3)[nH]2)OC1. The number of H-pyrrole nitrogens is 1. The number of carbonyl (C=O) groups is 1. The lowest BCUT2D eigenvalue weighted by Gasteiger charge is -2.34. The number of nitriles is 1. The number of ether oxygens (including phenoxy) is 2. The fourth-order valence-corrected chi connectivity index (χ4v) is 3.12. The predicted octanol–water partition coefficient (Wildman–Crippen LogP) is 2.15. The Morgan fingerprint density at radius 2 is 2.03 bits per heavy atom. The lowest BCUT2D eigenvalue weighted by atomic mass is 9.91. The lowest BCUT2D eigenvalue weighted by Crippen LogP contribution is -2.46. The summed E-state index contributed by atoms with van der Waals surface area (Å²) in [6.07, 6.45) is 0.691. The van der Waals surface area contributed by atoms with Crippen LogP contribution in [0.1, 0.15) is 19.0 Å². The molecule has 1 aromatic carbocycles. The number of imidazole rings is 1. The normalized spacial score (nSPS) is 20.5. The maximum absolute atomic E-state index is 13.5. The van der Waals surface area contributed by atoms with Crippen molar-refractivity contribution >= 4 is 11.9 Å². The second kappa shape index (κ2) is 8.70. The van der Waals surface area contributed by atoms with E-state index in [0.717, 1.165) is 0 Å². The highest BCUT2D eigenvalue weighted by Crippen LogP contribution is 2.35. The third kappa shape index (κ3) is 4.27. The topological polar surface area (TPSA) is 152 Å². The third-order valence-electron chi connectivity index (χ3n) is 5.00. The Hall–Kier alpha value is -3.88. The Labute approximate surface area is 182 Å². The van der Waals surface area contributed by atoms with E-state index < -0.39 is 17.6 Å². The first kappa shape index (κ1) is 21.4. The zero-order valence-corrected chi connectivity index (χ0v) is 17.1. The maximum Gasteiger partial charge on any atom is 0.228 e. The summed E-state index contributed by atoms with van der Waals surface area (Å²) in [6.45, 7) is 1.86. The van der Waals surface area contributed by atoms with Gasteiger partial charge in [0.2, 0.25) is 18.1 Å². The second-order valence-corrected chi connectivity index (χ2v) is 7.51. The van der Waals surface area contributed by atoms with E-state index in [-0.39, 0.29) is 31.5 Å². The van der Waals surface area contributed by atoms with Crippen molar-refractivity contribution in [1.82, 2.24) is 19.9 Å². The van der Waals surface area contributed by atoms with Crippen LogP contribution < -0.4 is 11.1 Å². The zero-order valence-electron chi connectivity index (χ0n) is 17.1. The van der Waals surface area contributed by atoms with Crippen LogP contribution in [0.25, 0.3) is 22.6 Å². The molecule has 0 radical (unpaired) electrons. The number of amides is 1. The molecule has 1 fully saturated rings. The van der Waals surface area contributed by atoms with Crippen molar-refractivity contribution in [2.45, 2.75) is 13.2 Å². The van der Waals surface area contributed by atoms with Crippen molar-refractivity contribution in [2.24, 2.45) is 11.1 Å². The Kier molecular flexibility index (Phi) is 5.81. The van der Waals surface area contributed by atoms with Crippen LogP contribution >= 0.6 is 0 Å². The van der Waals surface area contributed by atoms with Gasteiger partial charge in [-0.05, 0) is 37.3 Å². The molecule has 0 saturated carbocycles. The summed E-state index contributed by atoms with van der Waals surface area (Å²) < 4.78 is 24.9. The number of nitrogens with one attached hydrogen (secondary N) is 2. The molecule has 0 spiro atoms. The minimum Gasteiger partial charge on any atom is -0.369 e. The first-order valence-corrected chi connectivity index (χ1v) is 9.73. The molecule has 32 heavy (non-hydrogen) atoms. The Bertz CT molecular complexity index is 1160. The largest absolute Gasteiger partial charge is 0.369 e. The highest BCUT2D eigenvalue weighted by molar-refractivity contribution is 5.81. The number of nitrogens with zero attached hydrogens (tertiary/aromatic N) is 4. The van der Waals surface area contributed by atoms with Gasteiger partial charge in [-0.15, -0.1) is 0 Å². The molecule has 0 aliphatic carbocycles. The van der Waals surface area contributed by atoms with Crippen LogP contribution in [0.3, 0.4) is 0 Å². The molecule has 0 unspecified atom stereocenters. The molecule has 0 bridgehead atoms. The number of anilines is 1. The molecule has 2 aromatic heterocycles. The van der Waals surface area contributed by atoms with Gasteiger partial charge in [-0.1, -0.05) is 0 Å². The van der Waals surface area contributed by atoms with E-state index in [1.807, 2.05) is 6.07 Å². The van der Waals surface area contributed by atoms with Gasteiger partial charge in [0.1, 0.15) is 12.4 Å². The third-order valence-corrected chi connectivity index (χ3v) is 5.00. The van der Waals surface area contributed by atoms with Crippen molar-refractivity contribution in [2.75, 3.05) is 25.1 Å². The molecule has 4 N–H and O–H groups in total. The predicted molar refractivity (Wildman–Crippen MR) is 111 cm³/mol. The molecule has 1 aliphatic heterocycles. The van der Waals surface area contributed by atoms with Gasteiger partial charge in [0.05, 0.1) is 41.8 Å². The van der Waals surface area contributed by atoms with Gasteiger partial charge in [0, 0.05) is 11.8 Å². The Morgan fingerprint density at radius 3 is 2.69 bits per heavy atom. The monoisotopic (exact) mass is 437 g/mol. The molecule has 4 rings (SSSR count). The number of aromatic nitrogens is 4. The van der Waals surface area contributed by atoms with Gasteiger partial charge in [-0.3, -0.25) is 4.79 Å². The number of rotatable bonds is 6. The van der Waals surface area contributed by atoms with Gasteiger partial charge >= 0.3 is 0 Å². The van der Waals surface area contributed by atoms with Crippen LogP contribution in [0.5, 0.6) is 0 Å². The highest BCUT2D eigenvalue weighted by atomic mass is 19.1. The van der Waals surface area contributed by atoms with Crippen LogP contribution in [0.4, 0.5) is 10.3 Å². The summed E-state index contributed by atoms with van der Waals surface area (Å²) in [7, 11) is 0. The van der Waals surface area contributed by atoms with Crippen molar-refractivity contribution in [1.29, 1.82) is 5.26 Å². The first-order chi connectivity index (χ1) is 15.4. The molecular formula is C21H20FN7O3. The van der Waals surface area contributed by atoms with Crippen LogP contribution in [-0.2, 0) is 14.3 Å². The van der Waals surface area contributed by atoms with E-state index in [1.165, 1.54) is 12.1 Å². The number of nitrogens with two attached hydrogens (primary N) is 1. The molecular weight excluding hydrogens is 417 g/mol. The first-order valence-electron chi connectivity index (χ1n) is 9.73. The quantitative estimate of drug-likeness (QED) is 0.496. The van der Waals surface area contributed by atoms with Gasteiger partial charge in [0.15, 0.2) is 5.82 Å². The Balaban J connectivity index is 1.71. The van der Waals surface area contributed by atoms with Crippen molar-refractivity contribution in [3.63, 3.8) is 0 Å². The van der Waals surface area contributed by atoms with Gasteiger partial charge in [-0.25, -0.2) is 19.3 Å². The molecule has 1 aliphatic rings. The number of primary amides is 1. The molecule has 3 heterocycles. The van der Waals surface area contributed by atoms with Gasteiger partial charge in [0.25, 0.3) is 0 Å². The van der Waals surface area contributed by atoms with Gasteiger partial charge in [-0.2, -0.15) is 5.26 Å². The average Bonchev–Trinajstić information content (AvgIpc) is 3.24. The summed E-state index contributed by atoms with van der Waals surface area (Å²) >= 11 is 0. The fraction of sp³-hybridized carbons (Fsp3) is 0.286. The summed E-state index contributed by atoms with van der Waals surface area (Å²) in [5.74, 6) is -0.258. The summed E-state index contributed by atoms with van der Waals surface area (Å²) in [5.41, 5.74) is 6.68.